The highest BCUT2D eigenvalue weighted by Gasteiger charge is 2.46. The zero-order valence-electron chi connectivity index (χ0n) is 20.3. The van der Waals surface area contributed by atoms with Crippen molar-refractivity contribution in [3.05, 3.63) is 71.8 Å². The summed E-state index contributed by atoms with van der Waals surface area (Å²) in [5, 5.41) is 17.7. The van der Waals surface area contributed by atoms with Crippen LogP contribution in [0.15, 0.2) is 55.0 Å². The van der Waals surface area contributed by atoms with Crippen LogP contribution in [0.3, 0.4) is 0 Å². The molecule has 0 unspecified atom stereocenters. The van der Waals surface area contributed by atoms with Gasteiger partial charge in [-0.1, -0.05) is 6.07 Å². The molecule has 180 valence electrons. The molecule has 0 saturated carbocycles. The summed E-state index contributed by atoms with van der Waals surface area (Å²) in [5.41, 5.74) is 2.51. The molecule has 0 radical (unpaired) electrons. The Morgan fingerprint density at radius 1 is 1.14 bits per heavy atom. The van der Waals surface area contributed by atoms with Gasteiger partial charge in [0.2, 0.25) is 5.91 Å². The molecule has 4 aromatic rings. The van der Waals surface area contributed by atoms with Gasteiger partial charge in [0.25, 0.3) is 0 Å². The molecule has 1 atom stereocenters. The van der Waals surface area contributed by atoms with E-state index >= 15 is 0 Å². The number of aryl methyl sites for hydroxylation is 2. The lowest BCUT2D eigenvalue weighted by molar-refractivity contribution is -0.132. The molecule has 0 aliphatic carbocycles. The second kappa shape index (κ2) is 8.86. The number of carbonyl (C=O) groups excluding carboxylic acids is 1. The maximum Gasteiger partial charge on any atom is 0.230 e. The monoisotopic (exact) mass is 471 g/mol. The average molecular weight is 472 g/mol. The number of H-pyrrole nitrogens is 1. The van der Waals surface area contributed by atoms with Crippen LogP contribution in [0, 0.1) is 19.3 Å². The SMILES string of the molecule is Cc1cc(Nc2cc(C)[nH]n2)nc(N2CC(C)(C(=O)N[C@@H](C)c3ccc(-n4cccn4)nc3)C2)c1. The third-order valence-electron chi connectivity index (χ3n) is 6.23. The molecule has 1 amide bonds. The molecule has 1 aliphatic heterocycles. The van der Waals surface area contributed by atoms with Crippen molar-refractivity contribution < 1.29 is 4.79 Å². The molecule has 0 bridgehead atoms. The van der Waals surface area contributed by atoms with Crippen LogP contribution in [0.4, 0.5) is 17.5 Å². The van der Waals surface area contributed by atoms with Gasteiger partial charge in [-0.2, -0.15) is 10.2 Å². The summed E-state index contributed by atoms with van der Waals surface area (Å²) in [4.78, 5) is 24.4. The summed E-state index contributed by atoms with van der Waals surface area (Å²) < 4.78 is 1.70. The Balaban J connectivity index is 1.20. The summed E-state index contributed by atoms with van der Waals surface area (Å²) in [5.74, 6) is 3.05. The van der Waals surface area contributed by atoms with Gasteiger partial charge in [-0.3, -0.25) is 9.89 Å². The molecule has 1 aliphatic rings. The number of nitrogens with one attached hydrogen (secondary N) is 3. The molecular weight excluding hydrogens is 442 g/mol. The lowest BCUT2D eigenvalue weighted by atomic mass is 9.80. The van der Waals surface area contributed by atoms with Crippen molar-refractivity contribution in [2.75, 3.05) is 23.3 Å². The van der Waals surface area contributed by atoms with Crippen LogP contribution in [0.1, 0.15) is 36.7 Å². The molecule has 10 nitrogen and oxygen atoms in total. The van der Waals surface area contributed by atoms with Crippen LogP contribution in [0.2, 0.25) is 0 Å². The van der Waals surface area contributed by atoms with Gasteiger partial charge in [-0.25, -0.2) is 14.6 Å². The van der Waals surface area contributed by atoms with Crippen molar-refractivity contribution in [1.29, 1.82) is 0 Å². The fraction of sp³-hybridized carbons (Fsp3) is 0.320. The molecule has 1 fully saturated rings. The molecular formula is C25H29N9O. The van der Waals surface area contributed by atoms with E-state index < -0.39 is 5.41 Å². The number of aromatic amines is 1. The maximum absolute atomic E-state index is 13.1. The summed E-state index contributed by atoms with van der Waals surface area (Å²) in [6, 6.07) is 11.5. The van der Waals surface area contributed by atoms with E-state index in [4.69, 9.17) is 4.98 Å². The molecule has 0 spiro atoms. The number of nitrogens with zero attached hydrogens (tertiary/aromatic N) is 6. The third-order valence-corrected chi connectivity index (χ3v) is 6.23. The highest BCUT2D eigenvalue weighted by Crippen LogP contribution is 2.35. The number of pyridine rings is 2. The Morgan fingerprint density at radius 3 is 2.63 bits per heavy atom. The van der Waals surface area contributed by atoms with Crippen molar-refractivity contribution in [2.24, 2.45) is 5.41 Å². The van der Waals surface area contributed by atoms with Gasteiger partial charge in [0, 0.05) is 43.4 Å². The van der Waals surface area contributed by atoms with E-state index in [1.54, 1.807) is 17.1 Å². The summed E-state index contributed by atoms with van der Waals surface area (Å²) in [6.07, 6.45) is 5.34. The lowest BCUT2D eigenvalue weighted by Crippen LogP contribution is -2.62. The predicted molar refractivity (Wildman–Crippen MR) is 134 cm³/mol. The normalized spacial score (nSPS) is 15.4. The molecule has 10 heteroatoms. The Labute approximate surface area is 203 Å². The number of amides is 1. The van der Waals surface area contributed by atoms with E-state index in [1.807, 2.05) is 70.3 Å². The topological polar surface area (TPSA) is 117 Å². The minimum absolute atomic E-state index is 0.0235. The molecule has 1 saturated heterocycles. The quantitative estimate of drug-likeness (QED) is 0.378. The van der Waals surface area contributed by atoms with Crippen molar-refractivity contribution >= 4 is 23.4 Å². The molecule has 3 N–H and O–H groups in total. The molecule has 4 aromatic heterocycles. The van der Waals surface area contributed by atoms with Crippen molar-refractivity contribution in [1.82, 2.24) is 35.3 Å². The largest absolute Gasteiger partial charge is 0.354 e. The number of anilines is 3. The predicted octanol–water partition coefficient (Wildman–Crippen LogP) is 3.45. The number of carbonyl (C=O) groups is 1. The van der Waals surface area contributed by atoms with E-state index in [-0.39, 0.29) is 11.9 Å². The van der Waals surface area contributed by atoms with E-state index in [9.17, 15) is 4.79 Å². The minimum Gasteiger partial charge on any atom is -0.354 e. The van der Waals surface area contributed by atoms with Crippen LogP contribution < -0.4 is 15.5 Å². The van der Waals surface area contributed by atoms with E-state index in [0.717, 1.165) is 40.1 Å². The first-order chi connectivity index (χ1) is 16.8. The first-order valence-electron chi connectivity index (χ1n) is 11.6. The molecule has 5 rings (SSSR count). The maximum atomic E-state index is 13.1. The molecule has 5 heterocycles. The fourth-order valence-corrected chi connectivity index (χ4v) is 4.24. The Kier molecular flexibility index (Phi) is 5.72. The molecule has 35 heavy (non-hydrogen) atoms. The summed E-state index contributed by atoms with van der Waals surface area (Å²) in [7, 11) is 0. The third kappa shape index (κ3) is 4.72. The molecule has 0 aromatic carbocycles. The second-order valence-electron chi connectivity index (χ2n) is 9.46. The second-order valence-corrected chi connectivity index (χ2v) is 9.46. The van der Waals surface area contributed by atoms with Crippen molar-refractivity contribution in [3.8, 4) is 5.82 Å². The Hall–Kier alpha value is -4.21. The first-order valence-corrected chi connectivity index (χ1v) is 11.6. The minimum atomic E-state index is -0.491. The van der Waals surface area contributed by atoms with E-state index in [1.165, 1.54) is 0 Å². The van der Waals surface area contributed by atoms with Gasteiger partial charge in [-0.15, -0.1) is 0 Å². The van der Waals surface area contributed by atoms with Gasteiger partial charge in [0.05, 0.1) is 11.5 Å². The summed E-state index contributed by atoms with van der Waals surface area (Å²) in [6.45, 7) is 9.14. The van der Waals surface area contributed by atoms with Crippen LogP contribution in [-0.4, -0.2) is 48.9 Å². The fourth-order valence-electron chi connectivity index (χ4n) is 4.24. The number of hydrogen-bond acceptors (Lipinski definition) is 7. The van der Waals surface area contributed by atoms with Crippen LogP contribution in [0.25, 0.3) is 5.82 Å². The zero-order chi connectivity index (χ0) is 24.6. The van der Waals surface area contributed by atoms with Gasteiger partial charge >= 0.3 is 0 Å². The number of aromatic nitrogens is 6. The average Bonchev–Trinajstić information content (AvgIpc) is 3.48. The lowest BCUT2D eigenvalue weighted by Gasteiger charge is -2.47. The van der Waals surface area contributed by atoms with Crippen LogP contribution in [-0.2, 0) is 4.79 Å². The van der Waals surface area contributed by atoms with Gasteiger partial charge in [0.15, 0.2) is 11.6 Å². The van der Waals surface area contributed by atoms with Crippen molar-refractivity contribution in [2.45, 2.75) is 33.7 Å². The number of rotatable bonds is 7. The summed E-state index contributed by atoms with van der Waals surface area (Å²) >= 11 is 0. The van der Waals surface area contributed by atoms with E-state index in [0.29, 0.717) is 13.1 Å². The van der Waals surface area contributed by atoms with Crippen LogP contribution >= 0.6 is 0 Å². The van der Waals surface area contributed by atoms with Gasteiger partial charge in [-0.05, 0) is 63.1 Å². The van der Waals surface area contributed by atoms with Crippen LogP contribution in [0.5, 0.6) is 0 Å². The highest BCUT2D eigenvalue weighted by molar-refractivity contribution is 5.86. The first kappa shape index (κ1) is 22.6. The van der Waals surface area contributed by atoms with E-state index in [2.05, 4.69) is 35.8 Å². The Morgan fingerprint density at radius 2 is 1.97 bits per heavy atom. The van der Waals surface area contributed by atoms with Crippen molar-refractivity contribution in [3.63, 3.8) is 0 Å². The number of hydrogen-bond donors (Lipinski definition) is 3. The standard InChI is InChI=1S/C25H29N9O/c1-16-10-20(29-21-12-17(2)31-32-21)30-23(11-16)33-14-25(4,15-33)24(35)28-18(3)19-6-7-22(26-13-19)34-9-5-8-27-34/h5-13,18H,14-15H2,1-4H3,(H,28,35)(H2,29,30,31,32)/t18-/m0/s1. The Bertz CT molecular complexity index is 1320. The highest BCUT2D eigenvalue weighted by atomic mass is 16.2. The van der Waals surface area contributed by atoms with Gasteiger partial charge in [0.1, 0.15) is 11.6 Å². The smallest absolute Gasteiger partial charge is 0.230 e. The van der Waals surface area contributed by atoms with Gasteiger partial charge < -0.3 is 15.5 Å². The zero-order valence-corrected chi connectivity index (χ0v) is 20.3.